The van der Waals surface area contributed by atoms with Gasteiger partial charge in [-0.15, -0.1) is 0 Å². The normalized spacial score (nSPS) is 14.0. The molecule has 0 saturated carbocycles. The molecular formula is C22H28N4O4S. The van der Waals surface area contributed by atoms with Gasteiger partial charge in [-0.25, -0.2) is 12.7 Å². The van der Waals surface area contributed by atoms with Crippen LogP contribution >= 0.6 is 0 Å². The van der Waals surface area contributed by atoms with E-state index in [1.54, 1.807) is 38.2 Å². The van der Waals surface area contributed by atoms with Crippen LogP contribution in [-0.4, -0.2) is 58.8 Å². The number of hydrogen-bond donors (Lipinski definition) is 2. The van der Waals surface area contributed by atoms with E-state index in [0.29, 0.717) is 22.5 Å². The number of sulfonamides is 1. The van der Waals surface area contributed by atoms with Crippen molar-refractivity contribution in [3.63, 3.8) is 0 Å². The van der Waals surface area contributed by atoms with Crippen molar-refractivity contribution in [1.82, 2.24) is 9.62 Å². The molecule has 166 valence electrons. The molecule has 2 N–H and O–H groups in total. The Hall–Kier alpha value is -2.91. The number of carbonyl (C=O) groups is 2. The van der Waals surface area contributed by atoms with Gasteiger partial charge in [-0.05, 0) is 55.7 Å². The molecule has 0 unspecified atom stereocenters. The highest BCUT2D eigenvalue weighted by atomic mass is 32.2. The van der Waals surface area contributed by atoms with Crippen LogP contribution < -0.4 is 15.5 Å². The fraction of sp³-hybridized carbons (Fsp3) is 0.364. The Labute approximate surface area is 183 Å². The van der Waals surface area contributed by atoms with Gasteiger partial charge in [-0.2, -0.15) is 0 Å². The third kappa shape index (κ3) is 4.57. The lowest BCUT2D eigenvalue weighted by molar-refractivity contribution is 0.0960. The Morgan fingerprint density at radius 3 is 2.29 bits per heavy atom. The SMILES string of the molecule is CNC(=O)c1cccc(NC(=O)c2cc(S(=O)(=O)N(C)C)ccc2N2CCCC2)c1C. The third-order valence-corrected chi connectivity index (χ3v) is 7.30. The van der Waals surface area contributed by atoms with Crippen LogP contribution in [0.4, 0.5) is 11.4 Å². The summed E-state index contributed by atoms with van der Waals surface area (Å²) in [5.41, 5.74) is 2.58. The summed E-state index contributed by atoms with van der Waals surface area (Å²) >= 11 is 0. The summed E-state index contributed by atoms with van der Waals surface area (Å²) in [5.74, 6) is -0.666. The summed E-state index contributed by atoms with van der Waals surface area (Å²) in [6.07, 6.45) is 2.04. The van der Waals surface area contributed by atoms with Crippen LogP contribution in [-0.2, 0) is 10.0 Å². The average molecular weight is 445 g/mol. The first-order valence-corrected chi connectivity index (χ1v) is 11.6. The Morgan fingerprint density at radius 1 is 1.00 bits per heavy atom. The summed E-state index contributed by atoms with van der Waals surface area (Å²) in [7, 11) is 0.765. The fourth-order valence-corrected chi connectivity index (χ4v) is 4.57. The molecule has 0 aliphatic carbocycles. The largest absolute Gasteiger partial charge is 0.371 e. The Bertz CT molecular complexity index is 1110. The first-order valence-electron chi connectivity index (χ1n) is 10.1. The highest BCUT2D eigenvalue weighted by Gasteiger charge is 2.25. The standard InChI is InChI=1S/C22H28N4O4S/c1-15-17(21(27)23-2)8-7-9-19(15)24-22(28)18-14-16(31(29,30)25(3)4)10-11-20(18)26-12-5-6-13-26/h7-11,14H,5-6,12-13H2,1-4H3,(H,23,27)(H,24,28). The number of nitrogens with one attached hydrogen (secondary N) is 2. The molecule has 2 aromatic carbocycles. The quantitative estimate of drug-likeness (QED) is 0.713. The maximum absolute atomic E-state index is 13.3. The number of amides is 2. The van der Waals surface area contributed by atoms with Crippen LogP contribution in [0.5, 0.6) is 0 Å². The van der Waals surface area contributed by atoms with Gasteiger partial charge in [0.2, 0.25) is 10.0 Å². The number of nitrogens with zero attached hydrogens (tertiary/aromatic N) is 2. The summed E-state index contributed by atoms with van der Waals surface area (Å²) in [5, 5.41) is 5.45. The van der Waals surface area contributed by atoms with E-state index in [-0.39, 0.29) is 16.4 Å². The van der Waals surface area contributed by atoms with Gasteiger partial charge in [0, 0.05) is 51.2 Å². The van der Waals surface area contributed by atoms with Crippen molar-refractivity contribution in [2.24, 2.45) is 0 Å². The van der Waals surface area contributed by atoms with E-state index in [0.717, 1.165) is 30.2 Å². The number of benzene rings is 2. The van der Waals surface area contributed by atoms with E-state index >= 15 is 0 Å². The molecule has 1 heterocycles. The van der Waals surface area contributed by atoms with Crippen molar-refractivity contribution >= 4 is 33.2 Å². The van der Waals surface area contributed by atoms with E-state index in [1.807, 2.05) is 0 Å². The molecule has 9 heteroatoms. The molecule has 1 aliphatic heterocycles. The first kappa shape index (κ1) is 22.8. The average Bonchev–Trinajstić information content (AvgIpc) is 3.28. The van der Waals surface area contributed by atoms with Gasteiger partial charge in [0.15, 0.2) is 0 Å². The molecule has 2 aromatic rings. The van der Waals surface area contributed by atoms with Gasteiger partial charge in [-0.1, -0.05) is 6.07 Å². The fourth-order valence-electron chi connectivity index (χ4n) is 3.64. The van der Waals surface area contributed by atoms with Crippen molar-refractivity contribution < 1.29 is 18.0 Å². The molecule has 8 nitrogen and oxygen atoms in total. The van der Waals surface area contributed by atoms with Gasteiger partial charge >= 0.3 is 0 Å². The molecule has 0 bridgehead atoms. The van der Waals surface area contributed by atoms with E-state index in [9.17, 15) is 18.0 Å². The Morgan fingerprint density at radius 2 is 1.68 bits per heavy atom. The molecule has 0 aromatic heterocycles. The Balaban J connectivity index is 2.03. The molecular weight excluding hydrogens is 416 g/mol. The number of rotatable bonds is 6. The zero-order valence-corrected chi connectivity index (χ0v) is 19.0. The van der Waals surface area contributed by atoms with Crippen molar-refractivity contribution in [3.05, 3.63) is 53.1 Å². The number of hydrogen-bond acceptors (Lipinski definition) is 5. The van der Waals surface area contributed by atoms with Crippen molar-refractivity contribution in [2.75, 3.05) is 44.4 Å². The van der Waals surface area contributed by atoms with Crippen molar-refractivity contribution in [1.29, 1.82) is 0 Å². The van der Waals surface area contributed by atoms with E-state index in [4.69, 9.17) is 0 Å². The van der Waals surface area contributed by atoms with E-state index in [2.05, 4.69) is 15.5 Å². The summed E-state index contributed by atoms with van der Waals surface area (Å²) in [6, 6.07) is 9.76. The van der Waals surface area contributed by atoms with Crippen molar-refractivity contribution in [3.8, 4) is 0 Å². The summed E-state index contributed by atoms with van der Waals surface area (Å²) in [6.45, 7) is 3.38. The minimum Gasteiger partial charge on any atom is -0.371 e. The minimum absolute atomic E-state index is 0.0569. The second-order valence-electron chi connectivity index (χ2n) is 7.67. The highest BCUT2D eigenvalue weighted by Crippen LogP contribution is 2.29. The number of carbonyl (C=O) groups excluding carboxylic acids is 2. The third-order valence-electron chi connectivity index (χ3n) is 5.49. The number of anilines is 2. The van der Waals surface area contributed by atoms with Gasteiger partial charge in [-0.3, -0.25) is 9.59 Å². The molecule has 0 atom stereocenters. The summed E-state index contributed by atoms with van der Waals surface area (Å²) in [4.78, 5) is 27.5. The van der Waals surface area contributed by atoms with Gasteiger partial charge in [0.25, 0.3) is 11.8 Å². The van der Waals surface area contributed by atoms with Crippen LogP contribution in [0.25, 0.3) is 0 Å². The smallest absolute Gasteiger partial charge is 0.257 e. The summed E-state index contributed by atoms with van der Waals surface area (Å²) < 4.78 is 26.4. The lowest BCUT2D eigenvalue weighted by atomic mass is 10.1. The molecule has 3 rings (SSSR count). The molecule has 1 saturated heterocycles. The minimum atomic E-state index is -3.69. The Kier molecular flexibility index (Phi) is 6.66. The van der Waals surface area contributed by atoms with Crippen LogP contribution in [0.3, 0.4) is 0 Å². The predicted octanol–water partition coefficient (Wildman–Crippen LogP) is 2.46. The molecule has 0 radical (unpaired) electrons. The lowest BCUT2D eigenvalue weighted by Crippen LogP contribution is -2.26. The molecule has 2 amide bonds. The van der Waals surface area contributed by atoms with Crippen LogP contribution in [0, 0.1) is 6.92 Å². The zero-order chi connectivity index (χ0) is 22.8. The van der Waals surface area contributed by atoms with E-state index < -0.39 is 15.9 Å². The monoisotopic (exact) mass is 444 g/mol. The maximum atomic E-state index is 13.3. The predicted molar refractivity (Wildman–Crippen MR) is 121 cm³/mol. The van der Waals surface area contributed by atoms with Gasteiger partial charge in [0.1, 0.15) is 0 Å². The van der Waals surface area contributed by atoms with Gasteiger partial charge in [0.05, 0.1) is 10.5 Å². The van der Waals surface area contributed by atoms with E-state index in [1.165, 1.54) is 26.2 Å². The topological polar surface area (TPSA) is 98.8 Å². The van der Waals surface area contributed by atoms with Gasteiger partial charge < -0.3 is 15.5 Å². The molecule has 1 fully saturated rings. The maximum Gasteiger partial charge on any atom is 0.257 e. The highest BCUT2D eigenvalue weighted by molar-refractivity contribution is 7.89. The van der Waals surface area contributed by atoms with Crippen molar-refractivity contribution in [2.45, 2.75) is 24.7 Å². The first-order chi connectivity index (χ1) is 14.7. The molecule has 0 spiro atoms. The second-order valence-corrected chi connectivity index (χ2v) is 9.82. The molecule has 31 heavy (non-hydrogen) atoms. The second kappa shape index (κ2) is 9.07. The lowest BCUT2D eigenvalue weighted by Gasteiger charge is -2.22. The van der Waals surface area contributed by atoms with Crippen LogP contribution in [0.2, 0.25) is 0 Å². The van der Waals surface area contributed by atoms with Crippen LogP contribution in [0.1, 0.15) is 39.1 Å². The molecule has 1 aliphatic rings. The van der Waals surface area contributed by atoms with Crippen LogP contribution in [0.15, 0.2) is 41.3 Å². The zero-order valence-electron chi connectivity index (χ0n) is 18.2.